The molecule has 126 valence electrons. The second kappa shape index (κ2) is 7.32. The lowest BCUT2D eigenvalue weighted by Gasteiger charge is -2.34. The summed E-state index contributed by atoms with van der Waals surface area (Å²) < 4.78 is 16.0. The predicted octanol–water partition coefficient (Wildman–Crippen LogP) is 2.77. The van der Waals surface area contributed by atoms with Gasteiger partial charge in [0, 0.05) is 16.0 Å². The van der Waals surface area contributed by atoms with Gasteiger partial charge in [-0.05, 0) is 28.1 Å². The van der Waals surface area contributed by atoms with E-state index in [1.54, 1.807) is 12.1 Å². The lowest BCUT2D eigenvalue weighted by Crippen LogP contribution is -2.42. The first-order valence-electron chi connectivity index (χ1n) is 6.66. The molecule has 0 radical (unpaired) electrons. The van der Waals surface area contributed by atoms with Gasteiger partial charge >= 0.3 is 11.9 Å². The van der Waals surface area contributed by atoms with E-state index < -0.39 is 35.6 Å². The molecule has 1 aliphatic rings. The summed E-state index contributed by atoms with van der Waals surface area (Å²) in [5.41, 5.74) is 0.430. The van der Waals surface area contributed by atoms with Gasteiger partial charge in [0.1, 0.15) is 11.7 Å². The lowest BCUT2D eigenvalue weighted by molar-refractivity contribution is -0.147. The molecule has 1 N–H and O–H groups in total. The summed E-state index contributed by atoms with van der Waals surface area (Å²) in [7, 11) is 2.32. The first-order valence-corrected chi connectivity index (χ1v) is 8.24. The first kappa shape index (κ1) is 18.4. The van der Waals surface area contributed by atoms with E-state index in [9.17, 15) is 14.9 Å². The predicted molar refractivity (Wildman–Crippen MR) is 89.6 cm³/mol. The Hall–Kier alpha value is -1.92. The topological polar surface area (TPSA) is 109 Å². The molecule has 1 aliphatic heterocycles. The summed E-state index contributed by atoms with van der Waals surface area (Å²) in [6, 6.07) is 5.20. The van der Waals surface area contributed by atoms with Gasteiger partial charge in [-0.3, -0.25) is 15.0 Å². The molecule has 1 aromatic carbocycles. The third kappa shape index (κ3) is 3.16. The molecule has 1 heterocycles. The minimum absolute atomic E-state index is 0.275. The Balaban J connectivity index is 2.72. The number of esters is 2. The van der Waals surface area contributed by atoms with Crippen LogP contribution < -0.4 is 4.74 Å². The molecule has 3 atom stereocenters. The van der Waals surface area contributed by atoms with E-state index in [2.05, 4.69) is 36.6 Å². The van der Waals surface area contributed by atoms with Crippen molar-refractivity contribution >= 4 is 49.7 Å². The fourth-order valence-electron chi connectivity index (χ4n) is 2.61. The minimum Gasteiger partial charge on any atom is -0.468 e. The molecule has 0 aliphatic carbocycles. The number of hydrogen-bond donors (Lipinski definition) is 1. The van der Waals surface area contributed by atoms with Gasteiger partial charge in [-0.15, -0.1) is 0 Å². The quantitative estimate of drug-likeness (QED) is 0.696. The highest BCUT2D eigenvalue weighted by Gasteiger charge is 2.48. The normalized spacial score (nSPS) is 20.2. The van der Waals surface area contributed by atoms with Gasteiger partial charge < -0.3 is 14.2 Å². The molecule has 0 amide bonds. The monoisotopic (exact) mass is 458 g/mol. The number of nitrogens with one attached hydrogen (secondary N) is 1. The van der Waals surface area contributed by atoms with E-state index in [-0.39, 0.29) is 5.75 Å². The van der Waals surface area contributed by atoms with Crippen molar-refractivity contribution in [3.05, 3.63) is 26.6 Å². The first-order chi connectivity index (χ1) is 11.3. The maximum absolute atomic E-state index is 12.2. The van der Waals surface area contributed by atoms with E-state index in [1.807, 2.05) is 6.07 Å². The number of hydrogen-bond acceptors (Lipinski definition) is 7. The third-order valence-electron chi connectivity index (χ3n) is 3.66. The molecule has 0 bridgehead atoms. The summed E-state index contributed by atoms with van der Waals surface area (Å²) in [4.78, 5) is 24.2. The molecular formula is C15H12Br2N2O5. The Kier molecular flexibility index (Phi) is 5.62. The molecule has 9 heteroatoms. The zero-order valence-electron chi connectivity index (χ0n) is 12.6. The fourth-order valence-corrected chi connectivity index (χ4v) is 3.95. The number of benzene rings is 1. The van der Waals surface area contributed by atoms with Crippen LogP contribution in [0.4, 0.5) is 0 Å². The van der Waals surface area contributed by atoms with Gasteiger partial charge in [0.15, 0.2) is 5.92 Å². The number of nitriles is 1. The zero-order chi connectivity index (χ0) is 18.0. The van der Waals surface area contributed by atoms with E-state index >= 15 is 0 Å². The number of fused-ring (bicyclic) bond motifs is 1. The van der Waals surface area contributed by atoms with Crippen molar-refractivity contribution in [2.75, 3.05) is 14.2 Å². The summed E-state index contributed by atoms with van der Waals surface area (Å²) in [5.74, 6) is -5.19. The molecule has 3 unspecified atom stereocenters. The minimum atomic E-state index is -1.30. The Morgan fingerprint density at radius 3 is 2.54 bits per heavy atom. The number of halogens is 2. The van der Waals surface area contributed by atoms with Gasteiger partial charge in [-0.2, -0.15) is 5.26 Å². The van der Waals surface area contributed by atoms with Crippen molar-refractivity contribution in [1.29, 1.82) is 10.7 Å². The summed E-state index contributed by atoms with van der Waals surface area (Å²) >= 11 is 6.65. The van der Waals surface area contributed by atoms with E-state index in [0.717, 1.165) is 7.11 Å². The molecular weight excluding hydrogens is 448 g/mol. The molecule has 0 spiro atoms. The van der Waals surface area contributed by atoms with Crippen LogP contribution in [-0.4, -0.2) is 32.1 Å². The average molecular weight is 460 g/mol. The number of rotatable bonds is 3. The second-order valence-corrected chi connectivity index (χ2v) is 6.70. The number of carbonyl (C=O) groups excluding carboxylic acids is 2. The number of methoxy groups -OCH3 is 2. The van der Waals surface area contributed by atoms with E-state index in [4.69, 9.17) is 14.9 Å². The zero-order valence-corrected chi connectivity index (χ0v) is 15.8. The van der Waals surface area contributed by atoms with Crippen molar-refractivity contribution < 1.29 is 23.8 Å². The van der Waals surface area contributed by atoms with Crippen LogP contribution in [0.5, 0.6) is 5.75 Å². The standard InChI is InChI=1S/C15H12Br2N2O5/c1-22-14(20)8(5-18)10-7-3-6(16)4-9(17)12(7)24-13(19)11(10)15(21)23-2/h3-4,8,10-11,19H,1-2H3. The highest BCUT2D eigenvalue weighted by Crippen LogP contribution is 2.47. The molecule has 2 rings (SSSR count). The Bertz CT molecular complexity index is 759. The summed E-state index contributed by atoms with van der Waals surface area (Å²) in [5, 5.41) is 17.5. The van der Waals surface area contributed by atoms with Crippen LogP contribution >= 0.6 is 31.9 Å². The van der Waals surface area contributed by atoms with E-state index in [0.29, 0.717) is 14.5 Å². The Morgan fingerprint density at radius 2 is 2.00 bits per heavy atom. The van der Waals surface area contributed by atoms with Crippen molar-refractivity contribution in [2.45, 2.75) is 5.92 Å². The van der Waals surface area contributed by atoms with Crippen molar-refractivity contribution in [3.63, 3.8) is 0 Å². The van der Waals surface area contributed by atoms with Crippen LogP contribution in [-0.2, 0) is 19.1 Å². The summed E-state index contributed by atoms with van der Waals surface area (Å²) in [6.07, 6.45) is 0. The molecule has 0 saturated heterocycles. The maximum atomic E-state index is 12.2. The Morgan fingerprint density at radius 1 is 1.33 bits per heavy atom. The number of ether oxygens (including phenoxy) is 3. The van der Waals surface area contributed by atoms with Crippen molar-refractivity contribution in [3.8, 4) is 11.8 Å². The van der Waals surface area contributed by atoms with Gasteiger partial charge in [-0.25, -0.2) is 0 Å². The molecule has 1 aromatic rings. The van der Waals surface area contributed by atoms with Crippen LogP contribution in [0, 0.1) is 28.6 Å². The number of carbonyl (C=O) groups is 2. The highest BCUT2D eigenvalue weighted by atomic mass is 79.9. The highest BCUT2D eigenvalue weighted by molar-refractivity contribution is 9.11. The summed E-state index contributed by atoms with van der Waals surface area (Å²) in [6.45, 7) is 0. The molecule has 0 saturated carbocycles. The smallest absolute Gasteiger partial charge is 0.323 e. The Labute approximate surface area is 154 Å². The van der Waals surface area contributed by atoms with Crippen LogP contribution in [0.2, 0.25) is 0 Å². The van der Waals surface area contributed by atoms with Crippen LogP contribution in [0.15, 0.2) is 21.1 Å². The van der Waals surface area contributed by atoms with Crippen LogP contribution in [0.1, 0.15) is 11.5 Å². The SMILES string of the molecule is COC(=O)C(C#N)C1c2cc(Br)cc(Br)c2OC(=N)C1C(=O)OC. The molecule has 0 aromatic heterocycles. The number of nitrogens with zero attached hydrogens (tertiary/aromatic N) is 1. The van der Waals surface area contributed by atoms with Gasteiger partial charge in [0.25, 0.3) is 0 Å². The average Bonchev–Trinajstić information content (AvgIpc) is 2.55. The third-order valence-corrected chi connectivity index (χ3v) is 4.71. The molecule has 24 heavy (non-hydrogen) atoms. The lowest BCUT2D eigenvalue weighted by atomic mass is 9.75. The van der Waals surface area contributed by atoms with Crippen molar-refractivity contribution in [1.82, 2.24) is 0 Å². The van der Waals surface area contributed by atoms with Gasteiger partial charge in [0.2, 0.25) is 5.90 Å². The van der Waals surface area contributed by atoms with E-state index in [1.165, 1.54) is 7.11 Å². The van der Waals surface area contributed by atoms with Crippen molar-refractivity contribution in [2.24, 2.45) is 11.8 Å². The second-order valence-electron chi connectivity index (χ2n) is 4.93. The molecule has 0 fully saturated rings. The van der Waals surface area contributed by atoms with Crippen LogP contribution in [0.25, 0.3) is 0 Å². The maximum Gasteiger partial charge on any atom is 0.323 e. The molecule has 7 nitrogen and oxygen atoms in total. The fraction of sp³-hybridized carbons (Fsp3) is 0.333. The largest absolute Gasteiger partial charge is 0.468 e. The van der Waals surface area contributed by atoms with Crippen LogP contribution in [0.3, 0.4) is 0 Å². The van der Waals surface area contributed by atoms with Gasteiger partial charge in [-0.1, -0.05) is 15.9 Å². The van der Waals surface area contributed by atoms with Gasteiger partial charge in [0.05, 0.1) is 24.8 Å².